The average molecular weight is 272 g/mol. The Bertz CT molecular complexity index is 316. The Morgan fingerprint density at radius 1 is 1.21 bits per heavy atom. The van der Waals surface area contributed by atoms with E-state index in [2.05, 4.69) is 5.32 Å². The third-order valence-corrected chi connectivity index (χ3v) is 3.55. The zero-order valence-electron chi connectivity index (χ0n) is 12.0. The summed E-state index contributed by atoms with van der Waals surface area (Å²) in [5, 5.41) is 2.83. The number of nitrogens with one attached hydrogen (secondary N) is 1. The number of rotatable bonds is 8. The van der Waals surface area contributed by atoms with Crippen molar-refractivity contribution < 1.29 is 19.1 Å². The molecule has 0 unspecified atom stereocenters. The first-order chi connectivity index (χ1) is 9.09. The molecule has 0 aromatic heterocycles. The fourth-order valence-electron chi connectivity index (χ4n) is 2.24. The lowest BCUT2D eigenvalue weighted by Gasteiger charge is -2.41. The molecule has 1 aliphatic rings. The van der Waals surface area contributed by atoms with Gasteiger partial charge in [0.05, 0.1) is 26.4 Å². The van der Waals surface area contributed by atoms with Crippen molar-refractivity contribution in [2.75, 3.05) is 40.0 Å². The monoisotopic (exact) mass is 272 g/mol. The second kappa shape index (κ2) is 7.45. The quantitative estimate of drug-likeness (QED) is 0.639. The van der Waals surface area contributed by atoms with Gasteiger partial charge in [-0.2, -0.15) is 0 Å². The van der Waals surface area contributed by atoms with Crippen molar-refractivity contribution in [3.63, 3.8) is 0 Å². The van der Waals surface area contributed by atoms with Gasteiger partial charge in [0.1, 0.15) is 5.54 Å². The number of carbonyl (C=O) groups is 2. The smallest absolute Gasteiger partial charge is 0.248 e. The lowest BCUT2D eigenvalue weighted by Crippen LogP contribution is -2.66. The number of amides is 2. The molecule has 0 bridgehead atoms. The van der Waals surface area contributed by atoms with Crippen LogP contribution in [-0.2, 0) is 19.1 Å². The van der Waals surface area contributed by atoms with Crippen molar-refractivity contribution >= 4 is 11.8 Å². The predicted molar refractivity (Wildman–Crippen MR) is 70.7 cm³/mol. The SMILES string of the molecule is CCC1(CC)NC(=O)CN(CCOCCOC)C1=O. The summed E-state index contributed by atoms with van der Waals surface area (Å²) in [7, 11) is 1.61. The number of hydrogen-bond acceptors (Lipinski definition) is 4. The van der Waals surface area contributed by atoms with Gasteiger partial charge >= 0.3 is 0 Å². The summed E-state index contributed by atoms with van der Waals surface area (Å²) < 4.78 is 10.2. The first-order valence-corrected chi connectivity index (χ1v) is 6.76. The maximum Gasteiger partial charge on any atom is 0.248 e. The van der Waals surface area contributed by atoms with E-state index in [4.69, 9.17) is 9.47 Å². The zero-order chi connectivity index (χ0) is 14.3. The molecule has 0 radical (unpaired) electrons. The topological polar surface area (TPSA) is 67.9 Å². The van der Waals surface area contributed by atoms with Gasteiger partial charge in [-0.1, -0.05) is 13.8 Å². The molecule has 0 spiro atoms. The molecule has 6 nitrogen and oxygen atoms in total. The molecule has 0 aromatic carbocycles. The second-order valence-corrected chi connectivity index (χ2v) is 4.67. The van der Waals surface area contributed by atoms with Crippen LogP contribution < -0.4 is 5.32 Å². The fourth-order valence-corrected chi connectivity index (χ4v) is 2.24. The maximum absolute atomic E-state index is 12.4. The zero-order valence-corrected chi connectivity index (χ0v) is 12.0. The van der Waals surface area contributed by atoms with Crippen molar-refractivity contribution in [3.05, 3.63) is 0 Å². The van der Waals surface area contributed by atoms with Crippen molar-refractivity contribution in [3.8, 4) is 0 Å². The minimum atomic E-state index is -0.734. The second-order valence-electron chi connectivity index (χ2n) is 4.67. The summed E-state index contributed by atoms with van der Waals surface area (Å²) in [4.78, 5) is 25.7. The molecule has 0 saturated carbocycles. The van der Waals surface area contributed by atoms with Gasteiger partial charge in [0, 0.05) is 13.7 Å². The number of methoxy groups -OCH3 is 1. The van der Waals surface area contributed by atoms with E-state index in [0.717, 1.165) is 0 Å². The van der Waals surface area contributed by atoms with Gasteiger partial charge in [0.2, 0.25) is 11.8 Å². The Morgan fingerprint density at radius 2 is 1.89 bits per heavy atom. The molecule has 1 aliphatic heterocycles. The van der Waals surface area contributed by atoms with Gasteiger partial charge in [-0.05, 0) is 12.8 Å². The van der Waals surface area contributed by atoms with Gasteiger partial charge in [-0.25, -0.2) is 0 Å². The van der Waals surface area contributed by atoms with Crippen molar-refractivity contribution in [2.24, 2.45) is 0 Å². The number of nitrogens with zero attached hydrogens (tertiary/aromatic N) is 1. The molecular weight excluding hydrogens is 248 g/mol. The van der Waals surface area contributed by atoms with Crippen LogP contribution >= 0.6 is 0 Å². The Labute approximate surface area is 114 Å². The Balaban J connectivity index is 2.53. The molecule has 0 atom stereocenters. The fraction of sp³-hybridized carbons (Fsp3) is 0.846. The first-order valence-electron chi connectivity index (χ1n) is 6.76. The van der Waals surface area contributed by atoms with E-state index >= 15 is 0 Å². The molecule has 1 rings (SSSR count). The minimum Gasteiger partial charge on any atom is -0.382 e. The van der Waals surface area contributed by atoms with Crippen LogP contribution in [0.5, 0.6) is 0 Å². The number of hydrogen-bond donors (Lipinski definition) is 1. The highest BCUT2D eigenvalue weighted by molar-refractivity contribution is 5.97. The lowest BCUT2D eigenvalue weighted by molar-refractivity contribution is -0.151. The minimum absolute atomic E-state index is 0.00700. The summed E-state index contributed by atoms with van der Waals surface area (Å²) in [5.41, 5.74) is -0.734. The van der Waals surface area contributed by atoms with E-state index in [1.807, 2.05) is 13.8 Å². The summed E-state index contributed by atoms with van der Waals surface area (Å²) in [6.07, 6.45) is 1.21. The molecule has 1 heterocycles. The van der Waals surface area contributed by atoms with Crippen LogP contribution in [0.25, 0.3) is 0 Å². The van der Waals surface area contributed by atoms with E-state index in [0.29, 0.717) is 39.2 Å². The third-order valence-electron chi connectivity index (χ3n) is 3.55. The molecule has 1 fully saturated rings. The lowest BCUT2D eigenvalue weighted by atomic mass is 9.89. The summed E-state index contributed by atoms with van der Waals surface area (Å²) in [5.74, 6) is -0.104. The number of piperazine rings is 1. The van der Waals surface area contributed by atoms with Gasteiger partial charge in [-0.3, -0.25) is 9.59 Å². The van der Waals surface area contributed by atoms with Crippen LogP contribution in [0.1, 0.15) is 26.7 Å². The summed E-state index contributed by atoms with van der Waals surface area (Å²) in [6, 6.07) is 0. The first kappa shape index (κ1) is 15.9. The average Bonchev–Trinajstić information content (AvgIpc) is 2.42. The summed E-state index contributed by atoms with van der Waals surface area (Å²) >= 11 is 0. The van der Waals surface area contributed by atoms with Crippen LogP contribution in [0.4, 0.5) is 0 Å². The van der Waals surface area contributed by atoms with Crippen molar-refractivity contribution in [2.45, 2.75) is 32.2 Å². The summed E-state index contributed by atoms with van der Waals surface area (Å²) in [6.45, 7) is 5.85. The predicted octanol–water partition coefficient (Wildman–Crippen LogP) is 0.167. The van der Waals surface area contributed by atoms with E-state index in [1.54, 1.807) is 12.0 Å². The molecule has 0 aliphatic carbocycles. The largest absolute Gasteiger partial charge is 0.382 e. The van der Waals surface area contributed by atoms with Gasteiger partial charge in [-0.15, -0.1) is 0 Å². The van der Waals surface area contributed by atoms with Crippen LogP contribution in [-0.4, -0.2) is 62.3 Å². The highest BCUT2D eigenvalue weighted by atomic mass is 16.5. The molecule has 0 aromatic rings. The Kier molecular flexibility index (Phi) is 6.24. The van der Waals surface area contributed by atoms with E-state index < -0.39 is 5.54 Å². The molecule has 19 heavy (non-hydrogen) atoms. The van der Waals surface area contributed by atoms with E-state index in [9.17, 15) is 9.59 Å². The van der Waals surface area contributed by atoms with Crippen LogP contribution in [0, 0.1) is 0 Å². The molecule has 2 amide bonds. The Morgan fingerprint density at radius 3 is 2.47 bits per heavy atom. The van der Waals surface area contributed by atoms with Crippen LogP contribution in [0.2, 0.25) is 0 Å². The normalized spacial score (nSPS) is 18.6. The van der Waals surface area contributed by atoms with Gasteiger partial charge in [0.25, 0.3) is 0 Å². The van der Waals surface area contributed by atoms with Crippen molar-refractivity contribution in [1.82, 2.24) is 10.2 Å². The number of carbonyl (C=O) groups excluding carboxylic acids is 2. The van der Waals surface area contributed by atoms with E-state index in [1.165, 1.54) is 0 Å². The third kappa shape index (κ3) is 3.91. The standard InChI is InChI=1S/C13H24N2O4/c1-4-13(5-2)12(17)15(10-11(16)14-13)6-7-19-9-8-18-3/h4-10H2,1-3H3,(H,14,16). The van der Waals surface area contributed by atoms with Gasteiger partial charge in [0.15, 0.2) is 0 Å². The van der Waals surface area contributed by atoms with Gasteiger partial charge < -0.3 is 19.7 Å². The van der Waals surface area contributed by atoms with Crippen molar-refractivity contribution in [1.29, 1.82) is 0 Å². The highest BCUT2D eigenvalue weighted by Crippen LogP contribution is 2.21. The molecule has 110 valence electrons. The van der Waals surface area contributed by atoms with Crippen LogP contribution in [0.15, 0.2) is 0 Å². The molecule has 1 N–H and O–H groups in total. The van der Waals surface area contributed by atoms with Crippen LogP contribution in [0.3, 0.4) is 0 Å². The maximum atomic E-state index is 12.4. The van der Waals surface area contributed by atoms with E-state index in [-0.39, 0.29) is 18.4 Å². The molecule has 6 heteroatoms. The molecule has 1 saturated heterocycles. The molecular formula is C13H24N2O4. The Hall–Kier alpha value is -1.14. The number of ether oxygens (including phenoxy) is 2. The highest BCUT2D eigenvalue weighted by Gasteiger charge is 2.43.